The van der Waals surface area contributed by atoms with Gasteiger partial charge in [-0.2, -0.15) is 5.26 Å². The molecule has 3 fully saturated rings. The number of likely N-dealkylation sites (tertiary alicyclic amines) is 2. The summed E-state index contributed by atoms with van der Waals surface area (Å²) in [6.45, 7) is 10.6. The second kappa shape index (κ2) is 8.58. The van der Waals surface area contributed by atoms with E-state index in [1.54, 1.807) is 0 Å². The van der Waals surface area contributed by atoms with Crippen LogP contribution in [-0.4, -0.2) is 78.8 Å². The van der Waals surface area contributed by atoms with E-state index in [4.69, 9.17) is 10.00 Å². The highest BCUT2D eigenvalue weighted by Gasteiger charge is 2.51. The van der Waals surface area contributed by atoms with Gasteiger partial charge < -0.3 is 14.5 Å². The smallest absolute Gasteiger partial charge is 0.409 e. The second-order valence-electron chi connectivity index (χ2n) is 8.24. The highest BCUT2D eigenvalue weighted by molar-refractivity contribution is 5.68. The van der Waals surface area contributed by atoms with E-state index in [-0.39, 0.29) is 6.09 Å². The molecule has 6 nitrogen and oxygen atoms in total. The predicted molar refractivity (Wildman–Crippen MR) is 101 cm³/mol. The van der Waals surface area contributed by atoms with Crippen LogP contribution in [0.1, 0.15) is 52.4 Å². The third kappa shape index (κ3) is 4.15. The van der Waals surface area contributed by atoms with Crippen LogP contribution in [0.2, 0.25) is 0 Å². The minimum absolute atomic E-state index is 0.134. The molecule has 1 aliphatic carbocycles. The van der Waals surface area contributed by atoms with Gasteiger partial charge in [-0.25, -0.2) is 4.79 Å². The molecule has 2 saturated heterocycles. The molecule has 0 bridgehead atoms. The van der Waals surface area contributed by atoms with Crippen molar-refractivity contribution in [2.75, 3.05) is 45.9 Å². The van der Waals surface area contributed by atoms with Crippen LogP contribution in [0.15, 0.2) is 0 Å². The van der Waals surface area contributed by atoms with Crippen LogP contribution in [0.4, 0.5) is 4.79 Å². The van der Waals surface area contributed by atoms with E-state index in [2.05, 4.69) is 22.8 Å². The van der Waals surface area contributed by atoms with Gasteiger partial charge in [-0.3, -0.25) is 4.90 Å². The Morgan fingerprint density at radius 1 is 1.27 bits per heavy atom. The molecule has 0 aromatic rings. The van der Waals surface area contributed by atoms with Crippen LogP contribution < -0.4 is 0 Å². The molecule has 3 aliphatic rings. The minimum Gasteiger partial charge on any atom is -0.450 e. The van der Waals surface area contributed by atoms with Gasteiger partial charge in [0, 0.05) is 38.1 Å². The van der Waals surface area contributed by atoms with Crippen molar-refractivity contribution in [2.45, 2.75) is 64.5 Å². The fourth-order valence-corrected chi connectivity index (χ4v) is 5.25. The molecule has 3 rings (SSSR count). The van der Waals surface area contributed by atoms with Crippen LogP contribution in [0.3, 0.4) is 0 Å². The normalized spacial score (nSPS) is 29.8. The van der Waals surface area contributed by atoms with E-state index in [1.807, 2.05) is 11.8 Å². The first-order valence-corrected chi connectivity index (χ1v) is 10.4. The molecule has 26 heavy (non-hydrogen) atoms. The van der Waals surface area contributed by atoms with Gasteiger partial charge in [0.15, 0.2) is 0 Å². The van der Waals surface area contributed by atoms with Gasteiger partial charge in [0.1, 0.15) is 0 Å². The molecule has 2 heterocycles. The number of hydrogen-bond acceptors (Lipinski definition) is 5. The van der Waals surface area contributed by atoms with E-state index in [0.717, 1.165) is 32.6 Å². The molecule has 0 radical (unpaired) electrons. The summed E-state index contributed by atoms with van der Waals surface area (Å²) in [4.78, 5) is 19.0. The van der Waals surface area contributed by atoms with Crippen LogP contribution in [0.5, 0.6) is 0 Å². The maximum atomic E-state index is 11.9. The molecule has 0 atom stereocenters. The van der Waals surface area contributed by atoms with E-state index in [1.165, 1.54) is 38.8 Å². The maximum Gasteiger partial charge on any atom is 0.409 e. The number of carbonyl (C=O) groups is 1. The quantitative estimate of drug-likeness (QED) is 0.727. The van der Waals surface area contributed by atoms with Gasteiger partial charge in [-0.05, 0) is 64.1 Å². The summed E-state index contributed by atoms with van der Waals surface area (Å²) in [5.41, 5.74) is 0.358. The summed E-state index contributed by atoms with van der Waals surface area (Å²) in [6.07, 6.45) is 6.55. The molecule has 1 spiro atoms. The summed E-state index contributed by atoms with van der Waals surface area (Å²) in [6, 6.07) is 3.62. The number of rotatable bonds is 6. The van der Waals surface area contributed by atoms with Gasteiger partial charge in [0.05, 0.1) is 12.7 Å². The van der Waals surface area contributed by atoms with Gasteiger partial charge in [0.25, 0.3) is 0 Å². The van der Waals surface area contributed by atoms with E-state index in [0.29, 0.717) is 30.5 Å². The van der Waals surface area contributed by atoms with Crippen molar-refractivity contribution in [3.8, 4) is 6.07 Å². The standard InChI is InChI=1S/C20H34N4O2/c1-3-22(10-5-9-21)17-6-11-23(12-7-17)18-14-20(15-18)8-13-24(16-20)19(25)26-4-2/h17-18H,3-8,10-16H2,1-2H3. The number of nitrogens with zero attached hydrogens (tertiary/aromatic N) is 4. The number of hydrogen-bond donors (Lipinski definition) is 0. The lowest BCUT2D eigenvalue weighted by Gasteiger charge is -2.52. The van der Waals surface area contributed by atoms with Gasteiger partial charge >= 0.3 is 6.09 Å². The zero-order chi connectivity index (χ0) is 18.6. The topological polar surface area (TPSA) is 59.8 Å². The fraction of sp³-hybridized carbons (Fsp3) is 0.900. The first-order chi connectivity index (χ1) is 12.6. The highest BCUT2D eigenvalue weighted by Crippen LogP contribution is 2.50. The van der Waals surface area contributed by atoms with Gasteiger partial charge in [0.2, 0.25) is 0 Å². The molecule has 0 unspecified atom stereocenters. The molecule has 0 N–H and O–H groups in total. The van der Waals surface area contributed by atoms with Crippen molar-refractivity contribution in [2.24, 2.45) is 5.41 Å². The summed E-state index contributed by atoms with van der Waals surface area (Å²) in [5, 5.41) is 8.83. The van der Waals surface area contributed by atoms with Crippen LogP contribution in [0.25, 0.3) is 0 Å². The molecule has 0 aromatic heterocycles. The van der Waals surface area contributed by atoms with Crippen molar-refractivity contribution in [3.63, 3.8) is 0 Å². The first kappa shape index (κ1) is 19.4. The number of ether oxygens (including phenoxy) is 1. The molecule has 1 saturated carbocycles. The van der Waals surface area contributed by atoms with E-state index < -0.39 is 0 Å². The van der Waals surface area contributed by atoms with Crippen molar-refractivity contribution < 1.29 is 9.53 Å². The molecular formula is C20H34N4O2. The van der Waals surface area contributed by atoms with Crippen LogP contribution in [-0.2, 0) is 4.74 Å². The van der Waals surface area contributed by atoms with Gasteiger partial charge in [-0.1, -0.05) is 6.92 Å². The molecule has 6 heteroatoms. The Morgan fingerprint density at radius 3 is 2.62 bits per heavy atom. The zero-order valence-electron chi connectivity index (χ0n) is 16.5. The fourth-order valence-electron chi connectivity index (χ4n) is 5.25. The SMILES string of the molecule is CCOC(=O)N1CCC2(CC(N3CCC(N(CC)CCC#N)CC3)C2)C1. The number of nitriles is 1. The van der Waals surface area contributed by atoms with E-state index >= 15 is 0 Å². The molecule has 2 aliphatic heterocycles. The van der Waals surface area contributed by atoms with Crippen molar-refractivity contribution in [3.05, 3.63) is 0 Å². The van der Waals surface area contributed by atoms with Crippen molar-refractivity contribution in [1.82, 2.24) is 14.7 Å². The zero-order valence-corrected chi connectivity index (χ0v) is 16.5. The van der Waals surface area contributed by atoms with Gasteiger partial charge in [-0.15, -0.1) is 0 Å². The largest absolute Gasteiger partial charge is 0.450 e. The summed E-state index contributed by atoms with van der Waals surface area (Å²) >= 11 is 0. The van der Waals surface area contributed by atoms with Crippen molar-refractivity contribution in [1.29, 1.82) is 5.26 Å². The molecule has 0 aromatic carbocycles. The Balaban J connectivity index is 1.41. The molecule has 1 amide bonds. The lowest BCUT2D eigenvalue weighted by molar-refractivity contribution is -0.0154. The molecular weight excluding hydrogens is 328 g/mol. The molecule has 146 valence electrons. The van der Waals surface area contributed by atoms with Crippen LogP contribution in [0, 0.1) is 16.7 Å². The Kier molecular flexibility index (Phi) is 6.42. The number of amides is 1. The Bertz CT molecular complexity index is 518. The summed E-state index contributed by atoms with van der Waals surface area (Å²) in [7, 11) is 0. The maximum absolute atomic E-state index is 11.9. The third-order valence-corrected chi connectivity index (χ3v) is 6.75. The summed E-state index contributed by atoms with van der Waals surface area (Å²) in [5.74, 6) is 0. The number of piperidine rings is 1. The minimum atomic E-state index is -0.134. The van der Waals surface area contributed by atoms with Crippen molar-refractivity contribution >= 4 is 6.09 Å². The predicted octanol–water partition coefficient (Wildman–Crippen LogP) is 2.70. The first-order valence-electron chi connectivity index (χ1n) is 10.4. The Labute approximate surface area is 158 Å². The van der Waals surface area contributed by atoms with Crippen LogP contribution >= 0.6 is 0 Å². The second-order valence-corrected chi connectivity index (χ2v) is 8.24. The summed E-state index contributed by atoms with van der Waals surface area (Å²) < 4.78 is 5.16. The Morgan fingerprint density at radius 2 is 2.00 bits per heavy atom. The third-order valence-electron chi connectivity index (χ3n) is 6.75. The lowest BCUT2D eigenvalue weighted by atomic mass is 9.64. The average Bonchev–Trinajstić information content (AvgIpc) is 3.08. The Hall–Kier alpha value is -1.32. The average molecular weight is 363 g/mol. The monoisotopic (exact) mass is 362 g/mol. The number of carbonyl (C=O) groups excluding carboxylic acids is 1. The van der Waals surface area contributed by atoms with E-state index in [9.17, 15) is 4.79 Å². The highest BCUT2D eigenvalue weighted by atomic mass is 16.6. The lowest BCUT2D eigenvalue weighted by Crippen LogP contribution is -2.56.